The van der Waals surface area contributed by atoms with E-state index in [9.17, 15) is 4.79 Å². The van der Waals surface area contributed by atoms with Crippen LogP contribution in [0.5, 0.6) is 0 Å². The van der Waals surface area contributed by atoms with Crippen molar-refractivity contribution in [2.45, 2.75) is 13.5 Å². The Labute approximate surface area is 176 Å². The van der Waals surface area contributed by atoms with E-state index in [1.54, 1.807) is 19.2 Å². The molecule has 1 aromatic heterocycles. The number of para-hydroxylation sites is 1. The first-order valence-electron chi connectivity index (χ1n) is 9.76. The van der Waals surface area contributed by atoms with Crippen LogP contribution in [0.1, 0.15) is 22.8 Å². The first-order chi connectivity index (χ1) is 14.7. The number of hydrogen-bond donors (Lipinski definition) is 1. The number of benzene rings is 3. The van der Waals surface area contributed by atoms with E-state index < -0.39 is 0 Å². The molecule has 0 radical (unpaired) electrons. The topological polar surface area (TPSA) is 58.1 Å². The number of carbonyl (C=O) groups is 1. The van der Waals surface area contributed by atoms with Crippen molar-refractivity contribution in [1.29, 1.82) is 0 Å². The molecule has 0 aliphatic heterocycles. The molecule has 0 amide bonds. The van der Waals surface area contributed by atoms with Crippen LogP contribution in [-0.4, -0.2) is 15.8 Å². The summed E-state index contributed by atoms with van der Waals surface area (Å²) in [5.41, 5.74) is 3.64. The summed E-state index contributed by atoms with van der Waals surface area (Å²) in [6, 6.07) is 29.5. The summed E-state index contributed by atoms with van der Waals surface area (Å²) in [6.45, 7) is 2.21. The number of nitrogens with zero attached hydrogens (tertiary/aromatic N) is 3. The van der Waals surface area contributed by atoms with Crippen molar-refractivity contribution in [3.63, 3.8) is 0 Å². The zero-order chi connectivity index (χ0) is 20.8. The Morgan fingerprint density at radius 1 is 0.900 bits per heavy atom. The zero-order valence-corrected chi connectivity index (χ0v) is 16.7. The molecule has 0 atom stereocenters. The van der Waals surface area contributed by atoms with Crippen LogP contribution in [0.2, 0.25) is 0 Å². The van der Waals surface area contributed by atoms with Gasteiger partial charge in [-0.25, -0.2) is 4.98 Å². The first kappa shape index (κ1) is 19.3. The van der Waals surface area contributed by atoms with E-state index in [0.717, 1.165) is 16.9 Å². The number of nitrogens with one attached hydrogen (secondary N) is 1. The molecule has 0 saturated heterocycles. The molecular formula is C25H22N4O. The molecule has 5 nitrogen and oxygen atoms in total. The highest BCUT2D eigenvalue weighted by Crippen LogP contribution is 2.26. The summed E-state index contributed by atoms with van der Waals surface area (Å²) < 4.78 is 0. The number of rotatable bonds is 7. The molecule has 0 unspecified atom stereocenters. The molecule has 1 heterocycles. The molecule has 5 heteroatoms. The van der Waals surface area contributed by atoms with E-state index in [2.05, 4.69) is 27.3 Å². The van der Waals surface area contributed by atoms with Gasteiger partial charge < -0.3 is 10.2 Å². The van der Waals surface area contributed by atoms with Crippen molar-refractivity contribution in [3.05, 3.63) is 108 Å². The van der Waals surface area contributed by atoms with E-state index >= 15 is 0 Å². The van der Waals surface area contributed by atoms with Gasteiger partial charge in [0.15, 0.2) is 5.78 Å². The molecule has 1 N–H and O–H groups in total. The summed E-state index contributed by atoms with van der Waals surface area (Å²) >= 11 is 0. The van der Waals surface area contributed by atoms with Crippen LogP contribution in [-0.2, 0) is 6.54 Å². The summed E-state index contributed by atoms with van der Waals surface area (Å²) in [5.74, 6) is 1.28. The third-order valence-electron chi connectivity index (χ3n) is 4.68. The fourth-order valence-electron chi connectivity index (χ4n) is 3.16. The van der Waals surface area contributed by atoms with Crippen LogP contribution in [0, 0.1) is 0 Å². The Morgan fingerprint density at radius 3 is 2.37 bits per heavy atom. The highest BCUT2D eigenvalue weighted by molar-refractivity contribution is 5.95. The third-order valence-corrected chi connectivity index (χ3v) is 4.68. The normalized spacial score (nSPS) is 10.4. The molecule has 0 aliphatic rings. The zero-order valence-electron chi connectivity index (χ0n) is 16.7. The lowest BCUT2D eigenvalue weighted by atomic mass is 10.1. The molecular weight excluding hydrogens is 372 g/mol. The molecule has 0 aliphatic carbocycles. The van der Waals surface area contributed by atoms with Gasteiger partial charge in [0.05, 0.1) is 6.54 Å². The van der Waals surface area contributed by atoms with Crippen molar-refractivity contribution >= 4 is 28.9 Å². The van der Waals surface area contributed by atoms with Crippen molar-refractivity contribution in [2.24, 2.45) is 0 Å². The molecule has 0 saturated carbocycles. The van der Waals surface area contributed by atoms with Crippen molar-refractivity contribution in [2.75, 3.05) is 10.2 Å². The molecule has 3 aromatic carbocycles. The van der Waals surface area contributed by atoms with Gasteiger partial charge in [0.2, 0.25) is 5.95 Å². The van der Waals surface area contributed by atoms with Crippen molar-refractivity contribution in [1.82, 2.24) is 9.97 Å². The average Bonchev–Trinajstić information content (AvgIpc) is 2.79. The van der Waals surface area contributed by atoms with Gasteiger partial charge in [-0.1, -0.05) is 60.7 Å². The van der Waals surface area contributed by atoms with Gasteiger partial charge in [-0.2, -0.15) is 4.98 Å². The quantitative estimate of drug-likeness (QED) is 0.404. The maximum atomic E-state index is 11.7. The molecule has 148 valence electrons. The van der Waals surface area contributed by atoms with Gasteiger partial charge in [-0.05, 0) is 42.8 Å². The van der Waals surface area contributed by atoms with E-state index in [-0.39, 0.29) is 5.78 Å². The van der Waals surface area contributed by atoms with E-state index in [0.29, 0.717) is 23.9 Å². The highest BCUT2D eigenvalue weighted by atomic mass is 16.1. The van der Waals surface area contributed by atoms with Gasteiger partial charge >= 0.3 is 0 Å². The minimum atomic E-state index is 0.0279. The van der Waals surface area contributed by atoms with Crippen LogP contribution >= 0.6 is 0 Å². The van der Waals surface area contributed by atoms with Crippen LogP contribution in [0.15, 0.2) is 97.2 Å². The summed E-state index contributed by atoms with van der Waals surface area (Å²) in [4.78, 5) is 23.0. The third kappa shape index (κ3) is 4.70. The number of Topliss-reactive ketones (excluding diaryl/α,β-unsaturated/α-hetero) is 1. The lowest BCUT2D eigenvalue weighted by molar-refractivity contribution is 0.101. The van der Waals surface area contributed by atoms with Gasteiger partial charge in [-0.15, -0.1) is 0 Å². The van der Waals surface area contributed by atoms with Crippen molar-refractivity contribution in [3.8, 4) is 0 Å². The number of aromatic nitrogens is 2. The molecule has 4 rings (SSSR count). The van der Waals surface area contributed by atoms with E-state index in [1.165, 1.54) is 0 Å². The Bertz CT molecular complexity index is 1130. The second-order valence-corrected chi connectivity index (χ2v) is 6.91. The number of anilines is 4. The van der Waals surface area contributed by atoms with Crippen LogP contribution in [0.3, 0.4) is 0 Å². The predicted octanol–water partition coefficient (Wildman–Crippen LogP) is 5.76. The van der Waals surface area contributed by atoms with E-state index in [4.69, 9.17) is 4.98 Å². The molecule has 0 bridgehead atoms. The fraction of sp³-hybridized carbons (Fsp3) is 0.0800. The molecule has 0 fully saturated rings. The summed E-state index contributed by atoms with van der Waals surface area (Å²) in [7, 11) is 0. The van der Waals surface area contributed by atoms with Gasteiger partial charge in [0.25, 0.3) is 0 Å². The SMILES string of the molecule is CC(=O)c1cccc(Nc2ccnc(N(Cc3ccccc3)c3ccccc3)n2)c1. The Morgan fingerprint density at radius 2 is 1.63 bits per heavy atom. The number of carbonyl (C=O) groups excluding carboxylic acids is 1. The first-order valence-corrected chi connectivity index (χ1v) is 9.76. The Kier molecular flexibility index (Phi) is 5.80. The average molecular weight is 394 g/mol. The van der Waals surface area contributed by atoms with Gasteiger partial charge in [0, 0.05) is 23.1 Å². The van der Waals surface area contributed by atoms with Crippen LogP contribution in [0.4, 0.5) is 23.1 Å². The lowest BCUT2D eigenvalue weighted by Gasteiger charge is -2.23. The maximum absolute atomic E-state index is 11.7. The smallest absolute Gasteiger partial charge is 0.232 e. The van der Waals surface area contributed by atoms with Gasteiger partial charge in [0.1, 0.15) is 5.82 Å². The Hall–Kier alpha value is -3.99. The largest absolute Gasteiger partial charge is 0.340 e. The number of ketones is 1. The standard InChI is InChI=1S/C25H22N4O/c1-19(30)21-11-8-12-22(17-21)27-24-15-16-26-25(28-24)29(23-13-6-3-7-14-23)18-20-9-4-2-5-10-20/h2-17H,18H2,1H3,(H,26,27,28). The monoisotopic (exact) mass is 394 g/mol. The van der Waals surface area contributed by atoms with Gasteiger partial charge in [-0.3, -0.25) is 4.79 Å². The maximum Gasteiger partial charge on any atom is 0.232 e. The molecule has 4 aromatic rings. The minimum Gasteiger partial charge on any atom is -0.340 e. The van der Waals surface area contributed by atoms with Crippen molar-refractivity contribution < 1.29 is 4.79 Å². The van der Waals surface area contributed by atoms with Crippen LogP contribution < -0.4 is 10.2 Å². The second-order valence-electron chi connectivity index (χ2n) is 6.91. The fourth-order valence-corrected chi connectivity index (χ4v) is 3.16. The second kappa shape index (κ2) is 9.01. The van der Waals surface area contributed by atoms with E-state index in [1.807, 2.05) is 72.8 Å². The van der Waals surface area contributed by atoms with Crippen LogP contribution in [0.25, 0.3) is 0 Å². The molecule has 30 heavy (non-hydrogen) atoms. The summed E-state index contributed by atoms with van der Waals surface area (Å²) in [5, 5.41) is 3.28. The highest BCUT2D eigenvalue weighted by Gasteiger charge is 2.14. The predicted molar refractivity (Wildman–Crippen MR) is 120 cm³/mol. The number of hydrogen-bond acceptors (Lipinski definition) is 5. The minimum absolute atomic E-state index is 0.0279. The lowest BCUT2D eigenvalue weighted by Crippen LogP contribution is -2.19. The Balaban J connectivity index is 1.65. The molecule has 0 spiro atoms. The summed E-state index contributed by atoms with van der Waals surface area (Å²) in [6.07, 6.45) is 1.74.